The molecule has 0 bridgehead atoms. The van der Waals surface area contributed by atoms with E-state index in [1.807, 2.05) is 0 Å². The Morgan fingerprint density at radius 3 is 2.30 bits per heavy atom. The second-order valence-corrected chi connectivity index (χ2v) is 4.75. The quantitative estimate of drug-likeness (QED) is 0.882. The van der Waals surface area contributed by atoms with Gasteiger partial charge in [-0.3, -0.25) is 9.59 Å². The first-order valence-electron chi connectivity index (χ1n) is 6.59. The van der Waals surface area contributed by atoms with Gasteiger partial charge in [0.15, 0.2) is 0 Å². The highest BCUT2D eigenvalue weighted by atomic mass is 19.1. The third-order valence-electron chi connectivity index (χ3n) is 3.31. The highest BCUT2D eigenvalue weighted by molar-refractivity contribution is 5.83. The van der Waals surface area contributed by atoms with Gasteiger partial charge in [-0.05, 0) is 24.3 Å². The molecule has 0 spiro atoms. The predicted molar refractivity (Wildman–Crippen MR) is 73.9 cm³/mol. The Kier molecular flexibility index (Phi) is 4.55. The molecule has 1 aromatic carbocycles. The van der Waals surface area contributed by atoms with Crippen LogP contribution in [-0.4, -0.2) is 49.4 Å². The lowest BCUT2D eigenvalue weighted by atomic mass is 10.2. The van der Waals surface area contributed by atoms with Gasteiger partial charge in [-0.1, -0.05) is 0 Å². The van der Waals surface area contributed by atoms with E-state index in [4.69, 9.17) is 0 Å². The molecule has 1 N–H and O–H groups in total. The number of anilines is 1. The molecule has 1 aliphatic rings. The molecule has 2 amide bonds. The number of piperazine rings is 1. The van der Waals surface area contributed by atoms with Gasteiger partial charge in [0.05, 0.1) is 6.54 Å². The maximum atomic E-state index is 12.9. The number of benzene rings is 1. The van der Waals surface area contributed by atoms with Crippen molar-refractivity contribution in [1.82, 2.24) is 10.2 Å². The van der Waals surface area contributed by atoms with Crippen LogP contribution in [0.2, 0.25) is 0 Å². The Labute approximate surface area is 117 Å². The van der Waals surface area contributed by atoms with Crippen LogP contribution in [0.3, 0.4) is 0 Å². The van der Waals surface area contributed by atoms with Crippen LogP contribution >= 0.6 is 0 Å². The smallest absolute Gasteiger partial charge is 0.242 e. The molecule has 1 saturated heterocycles. The van der Waals surface area contributed by atoms with Crippen molar-refractivity contribution in [2.24, 2.45) is 0 Å². The van der Waals surface area contributed by atoms with Gasteiger partial charge in [0.25, 0.3) is 0 Å². The number of rotatable bonds is 3. The number of nitrogens with zero attached hydrogens (tertiary/aromatic N) is 2. The van der Waals surface area contributed by atoms with E-state index in [1.165, 1.54) is 19.1 Å². The van der Waals surface area contributed by atoms with Crippen molar-refractivity contribution in [1.29, 1.82) is 0 Å². The number of nitrogens with one attached hydrogen (secondary N) is 1. The Morgan fingerprint density at radius 1 is 1.15 bits per heavy atom. The summed E-state index contributed by atoms with van der Waals surface area (Å²) in [4.78, 5) is 26.5. The number of hydrogen-bond acceptors (Lipinski definition) is 3. The lowest BCUT2D eigenvalue weighted by Gasteiger charge is -2.36. The summed E-state index contributed by atoms with van der Waals surface area (Å²) in [7, 11) is 0. The van der Waals surface area contributed by atoms with Crippen molar-refractivity contribution in [2.75, 3.05) is 37.6 Å². The standard InChI is InChI=1S/C14H18FN3O2/c1-11(19)16-10-14(20)18-8-6-17(7-9-18)13-4-2-12(15)3-5-13/h2-5H,6-10H2,1H3,(H,16,19). The van der Waals surface area contributed by atoms with Crippen LogP contribution in [0.4, 0.5) is 10.1 Å². The molecular formula is C14H18FN3O2. The summed E-state index contributed by atoms with van der Waals surface area (Å²) in [5, 5.41) is 2.51. The van der Waals surface area contributed by atoms with Gasteiger partial charge in [-0.15, -0.1) is 0 Å². The fourth-order valence-electron chi connectivity index (χ4n) is 2.18. The zero-order valence-electron chi connectivity index (χ0n) is 11.4. The van der Waals surface area contributed by atoms with Crippen molar-refractivity contribution in [3.63, 3.8) is 0 Å². The Morgan fingerprint density at radius 2 is 1.75 bits per heavy atom. The minimum atomic E-state index is -0.252. The summed E-state index contributed by atoms with van der Waals surface area (Å²) >= 11 is 0. The first-order chi connectivity index (χ1) is 9.56. The Hall–Kier alpha value is -2.11. The molecule has 2 rings (SSSR count). The van der Waals surface area contributed by atoms with Gasteiger partial charge in [-0.25, -0.2) is 4.39 Å². The monoisotopic (exact) mass is 279 g/mol. The molecule has 1 aromatic rings. The summed E-state index contributed by atoms with van der Waals surface area (Å²) in [5.74, 6) is -0.528. The largest absolute Gasteiger partial charge is 0.368 e. The van der Waals surface area contributed by atoms with Gasteiger partial charge in [0.2, 0.25) is 11.8 Å². The maximum Gasteiger partial charge on any atom is 0.242 e. The van der Waals surface area contributed by atoms with Gasteiger partial charge >= 0.3 is 0 Å². The van der Waals surface area contributed by atoms with E-state index in [0.717, 1.165) is 5.69 Å². The summed E-state index contributed by atoms with van der Waals surface area (Å²) in [6.45, 7) is 4.06. The fraction of sp³-hybridized carbons (Fsp3) is 0.429. The molecular weight excluding hydrogens is 261 g/mol. The third kappa shape index (κ3) is 3.69. The topological polar surface area (TPSA) is 52.7 Å². The number of hydrogen-bond donors (Lipinski definition) is 1. The molecule has 6 heteroatoms. The average molecular weight is 279 g/mol. The van der Waals surface area contributed by atoms with E-state index >= 15 is 0 Å². The molecule has 1 fully saturated rings. The summed E-state index contributed by atoms with van der Waals surface area (Å²) in [6, 6.07) is 6.35. The fourth-order valence-corrected chi connectivity index (χ4v) is 2.18. The van der Waals surface area contributed by atoms with E-state index < -0.39 is 0 Å². The summed E-state index contributed by atoms with van der Waals surface area (Å²) in [5.41, 5.74) is 0.959. The van der Waals surface area contributed by atoms with Crippen molar-refractivity contribution in [3.8, 4) is 0 Å². The molecule has 5 nitrogen and oxygen atoms in total. The van der Waals surface area contributed by atoms with E-state index in [-0.39, 0.29) is 24.2 Å². The molecule has 1 heterocycles. The van der Waals surface area contributed by atoms with Crippen LogP contribution in [0.15, 0.2) is 24.3 Å². The second-order valence-electron chi connectivity index (χ2n) is 4.75. The van der Waals surface area contributed by atoms with Crippen molar-refractivity contribution < 1.29 is 14.0 Å². The lowest BCUT2D eigenvalue weighted by Crippen LogP contribution is -2.51. The third-order valence-corrected chi connectivity index (χ3v) is 3.31. The average Bonchev–Trinajstić information content (AvgIpc) is 2.46. The number of carbonyl (C=O) groups is 2. The minimum Gasteiger partial charge on any atom is -0.368 e. The van der Waals surface area contributed by atoms with Gasteiger partial charge in [0, 0.05) is 38.8 Å². The van der Waals surface area contributed by atoms with E-state index in [9.17, 15) is 14.0 Å². The van der Waals surface area contributed by atoms with Crippen LogP contribution in [0.25, 0.3) is 0 Å². The van der Waals surface area contributed by atoms with E-state index in [2.05, 4.69) is 10.2 Å². The highest BCUT2D eigenvalue weighted by Crippen LogP contribution is 2.16. The van der Waals surface area contributed by atoms with Gasteiger partial charge in [-0.2, -0.15) is 0 Å². The van der Waals surface area contributed by atoms with Crippen LogP contribution in [-0.2, 0) is 9.59 Å². The SMILES string of the molecule is CC(=O)NCC(=O)N1CCN(c2ccc(F)cc2)CC1. The van der Waals surface area contributed by atoms with Crippen molar-refractivity contribution >= 4 is 17.5 Å². The van der Waals surface area contributed by atoms with Gasteiger partial charge < -0.3 is 15.1 Å². The normalized spacial score (nSPS) is 15.1. The molecule has 1 aliphatic heterocycles. The first kappa shape index (κ1) is 14.3. The Bertz CT molecular complexity index is 482. The molecule has 0 radical (unpaired) electrons. The first-order valence-corrected chi connectivity index (χ1v) is 6.59. The molecule has 20 heavy (non-hydrogen) atoms. The molecule has 0 atom stereocenters. The number of halogens is 1. The van der Waals surface area contributed by atoms with Crippen LogP contribution in [0.1, 0.15) is 6.92 Å². The van der Waals surface area contributed by atoms with E-state index in [0.29, 0.717) is 26.2 Å². The van der Waals surface area contributed by atoms with E-state index in [1.54, 1.807) is 17.0 Å². The van der Waals surface area contributed by atoms with Crippen molar-refractivity contribution in [2.45, 2.75) is 6.92 Å². The lowest BCUT2D eigenvalue weighted by molar-refractivity contribution is -0.132. The molecule has 0 aliphatic carbocycles. The Balaban J connectivity index is 1.84. The maximum absolute atomic E-state index is 12.9. The number of amides is 2. The zero-order chi connectivity index (χ0) is 14.5. The predicted octanol–water partition coefficient (Wildman–Crippen LogP) is 0.610. The van der Waals surface area contributed by atoms with Gasteiger partial charge in [0.1, 0.15) is 5.82 Å². The minimum absolute atomic E-state index is 0.0475. The van der Waals surface area contributed by atoms with Crippen LogP contribution in [0, 0.1) is 5.82 Å². The zero-order valence-corrected chi connectivity index (χ0v) is 11.4. The van der Waals surface area contributed by atoms with Crippen molar-refractivity contribution in [3.05, 3.63) is 30.1 Å². The van der Waals surface area contributed by atoms with Crippen LogP contribution < -0.4 is 10.2 Å². The summed E-state index contributed by atoms with van der Waals surface area (Å²) < 4.78 is 12.9. The number of carbonyl (C=O) groups excluding carboxylic acids is 2. The molecule has 0 saturated carbocycles. The molecule has 0 aromatic heterocycles. The second kappa shape index (κ2) is 6.36. The molecule has 0 unspecified atom stereocenters. The van der Waals surface area contributed by atoms with Crippen LogP contribution in [0.5, 0.6) is 0 Å². The summed E-state index contributed by atoms with van der Waals surface area (Å²) in [6.07, 6.45) is 0. The molecule has 108 valence electrons. The highest BCUT2D eigenvalue weighted by Gasteiger charge is 2.21.